The third kappa shape index (κ3) is 4.99. The number of amides is 1. The molecule has 12 nitrogen and oxygen atoms in total. The monoisotopic (exact) mass is 467 g/mol. The van der Waals surface area contributed by atoms with E-state index in [9.17, 15) is 39.9 Å². The first-order chi connectivity index (χ1) is 15.5. The summed E-state index contributed by atoms with van der Waals surface area (Å²) in [5, 5.41) is 53.0. The van der Waals surface area contributed by atoms with Crippen molar-refractivity contribution in [2.75, 3.05) is 6.61 Å². The molecule has 6 N–H and O–H groups in total. The summed E-state index contributed by atoms with van der Waals surface area (Å²) in [7, 11) is 0. The number of benzene rings is 1. The number of nitrogens with one attached hydrogen (secondary N) is 1. The molecule has 1 aromatic carbocycles. The first kappa shape index (κ1) is 24.6. The van der Waals surface area contributed by atoms with Crippen molar-refractivity contribution < 1.29 is 49.0 Å². The Kier molecular flexibility index (Phi) is 7.05. The summed E-state index contributed by atoms with van der Waals surface area (Å²) < 4.78 is 16.3. The number of aliphatic hydroxyl groups is 4. The zero-order valence-electron chi connectivity index (χ0n) is 17.8. The Balaban J connectivity index is 2.01. The summed E-state index contributed by atoms with van der Waals surface area (Å²) in [6, 6.07) is 4.21. The van der Waals surface area contributed by atoms with E-state index in [0.29, 0.717) is 10.9 Å². The van der Waals surface area contributed by atoms with Gasteiger partial charge in [0.25, 0.3) is 0 Å². The molecule has 2 unspecified atom stereocenters. The molecule has 1 aliphatic rings. The molecule has 3 rings (SSSR count). The average molecular weight is 467 g/mol. The molecule has 0 saturated carbocycles. The van der Waals surface area contributed by atoms with E-state index in [0.717, 1.165) is 6.92 Å². The van der Waals surface area contributed by atoms with Crippen molar-refractivity contribution >= 4 is 22.8 Å². The highest BCUT2D eigenvalue weighted by molar-refractivity contribution is 5.82. The lowest BCUT2D eigenvalue weighted by molar-refractivity contribution is -0.284. The SMILES string of the molecule is CC(=O)N[C@H]1[C@H]([C@@H](O)C(O)CO)OC(Oc2ccc3c(C)cc(=O)oc3c2)(C(=O)O)C[C@@H]1O. The van der Waals surface area contributed by atoms with Crippen LogP contribution in [0.1, 0.15) is 18.9 Å². The zero-order chi connectivity index (χ0) is 24.5. The quantitative estimate of drug-likeness (QED) is 0.263. The van der Waals surface area contributed by atoms with Crippen molar-refractivity contribution in [1.82, 2.24) is 5.32 Å². The highest BCUT2D eigenvalue weighted by Gasteiger charge is 2.56. The van der Waals surface area contributed by atoms with Crippen LogP contribution in [0.15, 0.2) is 33.5 Å². The lowest BCUT2D eigenvalue weighted by Crippen LogP contribution is -2.68. The second kappa shape index (κ2) is 9.45. The van der Waals surface area contributed by atoms with Crippen LogP contribution in [0.2, 0.25) is 0 Å². The van der Waals surface area contributed by atoms with E-state index in [4.69, 9.17) is 13.9 Å². The molecule has 6 atom stereocenters. The van der Waals surface area contributed by atoms with E-state index in [-0.39, 0.29) is 11.3 Å². The van der Waals surface area contributed by atoms with Crippen LogP contribution in [0.3, 0.4) is 0 Å². The van der Waals surface area contributed by atoms with Crippen molar-refractivity contribution in [2.45, 2.75) is 56.5 Å². The fourth-order valence-corrected chi connectivity index (χ4v) is 3.79. The van der Waals surface area contributed by atoms with Crippen LogP contribution in [-0.2, 0) is 14.3 Å². The van der Waals surface area contributed by atoms with E-state index in [1.807, 2.05) is 0 Å². The Morgan fingerprint density at radius 3 is 2.61 bits per heavy atom. The zero-order valence-corrected chi connectivity index (χ0v) is 17.8. The number of hydrogen-bond donors (Lipinski definition) is 6. The molecule has 12 heteroatoms. The number of hydrogen-bond acceptors (Lipinski definition) is 10. The number of carbonyl (C=O) groups is 2. The summed E-state index contributed by atoms with van der Waals surface area (Å²) >= 11 is 0. The Bertz CT molecular complexity index is 1100. The largest absolute Gasteiger partial charge is 0.476 e. The van der Waals surface area contributed by atoms with Gasteiger partial charge >= 0.3 is 17.4 Å². The number of aryl methyl sites for hydroxylation is 1. The molecule has 1 aromatic heterocycles. The molecular formula is C21H25NO11. The number of rotatable bonds is 7. The fraction of sp³-hybridized carbons (Fsp3) is 0.476. The van der Waals surface area contributed by atoms with Gasteiger partial charge in [0, 0.05) is 24.4 Å². The minimum Gasteiger partial charge on any atom is -0.476 e. The molecule has 1 amide bonds. The first-order valence-corrected chi connectivity index (χ1v) is 10.0. The van der Waals surface area contributed by atoms with Crippen molar-refractivity contribution in [3.63, 3.8) is 0 Å². The van der Waals surface area contributed by atoms with Crippen molar-refractivity contribution in [3.8, 4) is 5.75 Å². The van der Waals surface area contributed by atoms with Gasteiger partial charge < -0.3 is 44.7 Å². The lowest BCUT2D eigenvalue weighted by atomic mass is 9.88. The summed E-state index contributed by atoms with van der Waals surface area (Å²) in [6.07, 6.45) is -7.56. The van der Waals surface area contributed by atoms with Gasteiger partial charge in [0.05, 0.1) is 25.2 Å². The van der Waals surface area contributed by atoms with Gasteiger partial charge in [0.2, 0.25) is 5.91 Å². The maximum atomic E-state index is 12.2. The van der Waals surface area contributed by atoms with Gasteiger partial charge in [-0.3, -0.25) is 4.79 Å². The van der Waals surface area contributed by atoms with Crippen LogP contribution in [0.25, 0.3) is 11.0 Å². The summed E-state index contributed by atoms with van der Waals surface area (Å²) in [4.78, 5) is 35.5. The van der Waals surface area contributed by atoms with Crippen LogP contribution in [0.5, 0.6) is 5.75 Å². The van der Waals surface area contributed by atoms with E-state index >= 15 is 0 Å². The van der Waals surface area contributed by atoms with E-state index in [1.165, 1.54) is 18.2 Å². The Morgan fingerprint density at radius 2 is 2.00 bits per heavy atom. The Morgan fingerprint density at radius 1 is 1.30 bits per heavy atom. The normalized spacial score (nSPS) is 27.0. The van der Waals surface area contributed by atoms with Crippen molar-refractivity contribution in [1.29, 1.82) is 0 Å². The maximum absolute atomic E-state index is 12.2. The lowest BCUT2D eigenvalue weighted by Gasteiger charge is -2.46. The van der Waals surface area contributed by atoms with Gasteiger partial charge in [-0.05, 0) is 24.6 Å². The molecular weight excluding hydrogens is 442 g/mol. The number of carboxylic acid groups (broad SMARTS) is 1. The number of aliphatic hydroxyl groups excluding tert-OH is 4. The summed E-state index contributed by atoms with van der Waals surface area (Å²) in [5.74, 6) is -4.90. The standard InChI is InChI=1S/C21H25NO11/c1-9-5-16(27)31-15-6-11(3-4-12(9)15)32-21(20(29)30)7-13(25)17(22-10(2)24)19(33-21)18(28)14(26)8-23/h3-6,13-14,17-19,23,25-26,28H,7-8H2,1-2H3,(H,22,24)(H,29,30)/t13-,14?,17+,18-,19+,21?/m0/s1. The van der Waals surface area contributed by atoms with Crippen molar-refractivity contribution in [3.05, 3.63) is 40.2 Å². The average Bonchev–Trinajstić information content (AvgIpc) is 2.73. The first-order valence-electron chi connectivity index (χ1n) is 10.0. The maximum Gasteiger partial charge on any atom is 0.377 e. The molecule has 0 aliphatic carbocycles. The smallest absolute Gasteiger partial charge is 0.377 e. The van der Waals surface area contributed by atoms with Gasteiger partial charge in [0.15, 0.2) is 0 Å². The molecule has 0 bridgehead atoms. The van der Waals surface area contributed by atoms with Gasteiger partial charge in [0.1, 0.15) is 29.6 Å². The molecule has 2 heterocycles. The second-order valence-electron chi connectivity index (χ2n) is 7.89. The Hall–Kier alpha value is -3.03. The highest BCUT2D eigenvalue weighted by atomic mass is 16.7. The van der Waals surface area contributed by atoms with Crippen LogP contribution in [0, 0.1) is 6.92 Å². The third-order valence-corrected chi connectivity index (χ3v) is 5.39. The van der Waals surface area contributed by atoms with E-state index in [2.05, 4.69) is 5.32 Å². The number of ether oxygens (including phenoxy) is 2. The van der Waals surface area contributed by atoms with Crippen molar-refractivity contribution in [2.24, 2.45) is 0 Å². The highest BCUT2D eigenvalue weighted by Crippen LogP contribution is 2.35. The molecule has 1 saturated heterocycles. The van der Waals surface area contributed by atoms with Gasteiger partial charge in [-0.2, -0.15) is 0 Å². The predicted molar refractivity (Wildman–Crippen MR) is 110 cm³/mol. The molecule has 0 spiro atoms. The van der Waals surface area contributed by atoms with E-state index < -0.39 is 66.8 Å². The second-order valence-corrected chi connectivity index (χ2v) is 7.89. The molecule has 33 heavy (non-hydrogen) atoms. The number of carbonyl (C=O) groups excluding carboxylic acids is 1. The molecule has 0 radical (unpaired) electrons. The van der Waals surface area contributed by atoms with Crippen LogP contribution in [-0.4, -0.2) is 80.3 Å². The minimum atomic E-state index is -2.55. The summed E-state index contributed by atoms with van der Waals surface area (Å²) in [6.45, 7) is 1.94. The summed E-state index contributed by atoms with van der Waals surface area (Å²) in [5.41, 5.74) is 0.135. The molecule has 180 valence electrons. The third-order valence-electron chi connectivity index (χ3n) is 5.39. The Labute approximate surface area is 187 Å². The van der Waals surface area contributed by atoms with E-state index in [1.54, 1.807) is 13.0 Å². The topological polar surface area (TPSA) is 196 Å². The molecule has 2 aromatic rings. The number of carboxylic acids is 1. The van der Waals surface area contributed by atoms with Crippen LogP contribution in [0.4, 0.5) is 0 Å². The minimum absolute atomic E-state index is 0.0835. The number of fused-ring (bicyclic) bond motifs is 1. The predicted octanol–water partition coefficient (Wildman–Crippen LogP) is -1.37. The van der Waals surface area contributed by atoms with Crippen LogP contribution < -0.4 is 15.7 Å². The van der Waals surface area contributed by atoms with Gasteiger partial charge in [-0.15, -0.1) is 0 Å². The van der Waals surface area contributed by atoms with Crippen LogP contribution >= 0.6 is 0 Å². The molecule has 1 fully saturated rings. The molecule has 1 aliphatic heterocycles. The van der Waals surface area contributed by atoms with Gasteiger partial charge in [-0.25, -0.2) is 9.59 Å². The fourth-order valence-electron chi connectivity index (χ4n) is 3.79. The number of aliphatic carboxylic acids is 1. The van der Waals surface area contributed by atoms with Gasteiger partial charge in [-0.1, -0.05) is 0 Å².